The summed E-state index contributed by atoms with van der Waals surface area (Å²) >= 11 is 5.44. The van der Waals surface area contributed by atoms with Crippen molar-refractivity contribution in [3.05, 3.63) is 47.5 Å². The van der Waals surface area contributed by atoms with Gasteiger partial charge >= 0.3 is 5.97 Å². The first-order valence-corrected chi connectivity index (χ1v) is 13.7. The molecule has 0 radical (unpaired) electrons. The Morgan fingerprint density at radius 2 is 1.89 bits per heavy atom. The minimum Gasteiger partial charge on any atom is -0.462 e. The van der Waals surface area contributed by atoms with Crippen LogP contribution in [0.3, 0.4) is 0 Å². The second kappa shape index (κ2) is 9.68. The molecule has 1 aromatic carbocycles. The summed E-state index contributed by atoms with van der Waals surface area (Å²) in [6, 6.07) is 10.3. The van der Waals surface area contributed by atoms with Gasteiger partial charge in [0.2, 0.25) is 0 Å². The van der Waals surface area contributed by atoms with Gasteiger partial charge in [0, 0.05) is 18.9 Å². The van der Waals surface area contributed by atoms with Crippen LogP contribution in [0, 0.1) is 28.6 Å². The van der Waals surface area contributed by atoms with Gasteiger partial charge in [0.1, 0.15) is 6.10 Å². The van der Waals surface area contributed by atoms with Crippen molar-refractivity contribution < 1.29 is 9.53 Å². The number of allylic oxidation sites excluding steroid dienone is 2. The monoisotopic (exact) mass is 493 g/mol. The molecule has 6 unspecified atom stereocenters. The molecule has 6 atom stereocenters. The molecule has 0 aliphatic heterocycles. The van der Waals surface area contributed by atoms with E-state index < -0.39 is 0 Å². The lowest BCUT2D eigenvalue weighted by molar-refractivity contribution is -0.157. The summed E-state index contributed by atoms with van der Waals surface area (Å²) in [6.45, 7) is 7.16. The van der Waals surface area contributed by atoms with E-state index in [2.05, 4.69) is 47.9 Å². The number of carbonyl (C=O) groups is 1. The number of hydrazone groups is 1. The Labute approximate surface area is 215 Å². The molecule has 5 rings (SSSR count). The van der Waals surface area contributed by atoms with Gasteiger partial charge in [-0.3, -0.25) is 10.2 Å². The number of rotatable bonds is 4. The van der Waals surface area contributed by atoms with Crippen LogP contribution in [0.2, 0.25) is 0 Å². The van der Waals surface area contributed by atoms with Gasteiger partial charge in [-0.15, -0.1) is 0 Å². The van der Waals surface area contributed by atoms with Crippen molar-refractivity contribution in [1.29, 1.82) is 0 Å². The number of esters is 1. The summed E-state index contributed by atoms with van der Waals surface area (Å²) in [4.78, 5) is 11.7. The molecule has 0 spiro atoms. The van der Waals surface area contributed by atoms with Crippen LogP contribution in [0.5, 0.6) is 0 Å². The SMILES string of the molecule is CC(=O)OC1CCC2C3CCC4=CC(=NNC(=S)NCc5ccccc5)CCC4(C)C3CCC12C. The van der Waals surface area contributed by atoms with Crippen molar-refractivity contribution in [3.8, 4) is 0 Å². The summed E-state index contributed by atoms with van der Waals surface area (Å²) in [7, 11) is 0. The van der Waals surface area contributed by atoms with E-state index in [9.17, 15) is 4.79 Å². The normalized spacial score (nSPS) is 36.9. The number of fused-ring (bicyclic) bond motifs is 5. The van der Waals surface area contributed by atoms with Crippen molar-refractivity contribution >= 4 is 29.0 Å². The number of hydrogen-bond acceptors (Lipinski definition) is 4. The van der Waals surface area contributed by atoms with Gasteiger partial charge in [-0.1, -0.05) is 49.8 Å². The first-order valence-electron chi connectivity index (χ1n) is 13.3. The molecule has 0 heterocycles. The fourth-order valence-corrected chi connectivity index (χ4v) is 8.06. The molecule has 4 aliphatic carbocycles. The number of thiocarbonyl (C=S) groups is 1. The highest BCUT2D eigenvalue weighted by Gasteiger charge is 2.59. The Morgan fingerprint density at radius 1 is 1.09 bits per heavy atom. The fraction of sp³-hybridized carbons (Fsp3) is 0.621. The summed E-state index contributed by atoms with van der Waals surface area (Å²) < 4.78 is 5.81. The van der Waals surface area contributed by atoms with Gasteiger partial charge < -0.3 is 10.1 Å². The van der Waals surface area contributed by atoms with E-state index in [0.717, 1.165) is 43.2 Å². The molecule has 35 heavy (non-hydrogen) atoms. The van der Waals surface area contributed by atoms with E-state index >= 15 is 0 Å². The maximum atomic E-state index is 11.7. The van der Waals surface area contributed by atoms with Crippen LogP contribution >= 0.6 is 12.2 Å². The van der Waals surface area contributed by atoms with Crippen molar-refractivity contribution in [2.24, 2.45) is 33.7 Å². The van der Waals surface area contributed by atoms with E-state index in [0.29, 0.717) is 17.6 Å². The lowest BCUT2D eigenvalue weighted by Gasteiger charge is -2.58. The standard InChI is InChI=1S/C29H39N3O2S/c1-19(33)34-26-12-11-24-23-10-9-21-17-22(13-15-28(21,2)25(23)14-16-29(24,26)3)31-32-27(35)30-18-20-7-5-4-6-8-20/h4-8,17,23-26H,9-16,18H2,1-3H3,(H2,30,32,35). The van der Waals surface area contributed by atoms with Crippen LogP contribution in [-0.4, -0.2) is 22.9 Å². The quantitative estimate of drug-likeness (QED) is 0.311. The number of nitrogens with zero attached hydrogens (tertiary/aromatic N) is 1. The second-order valence-corrected chi connectivity index (χ2v) is 12.0. The minimum atomic E-state index is -0.123. The van der Waals surface area contributed by atoms with Crippen LogP contribution in [0.4, 0.5) is 0 Å². The third-order valence-corrected chi connectivity index (χ3v) is 10.0. The summed E-state index contributed by atoms with van der Waals surface area (Å²) in [5, 5.41) is 8.46. The van der Waals surface area contributed by atoms with E-state index in [4.69, 9.17) is 17.0 Å². The predicted octanol–water partition coefficient (Wildman–Crippen LogP) is 5.90. The van der Waals surface area contributed by atoms with E-state index in [1.807, 2.05) is 18.2 Å². The summed E-state index contributed by atoms with van der Waals surface area (Å²) in [6.07, 6.45) is 11.6. The first-order chi connectivity index (χ1) is 16.8. The number of ether oxygens (including phenoxy) is 1. The maximum Gasteiger partial charge on any atom is 0.302 e. The zero-order valence-electron chi connectivity index (χ0n) is 21.3. The molecule has 2 N–H and O–H groups in total. The van der Waals surface area contributed by atoms with Crippen LogP contribution in [-0.2, 0) is 16.1 Å². The van der Waals surface area contributed by atoms with E-state index in [1.165, 1.54) is 31.2 Å². The van der Waals surface area contributed by atoms with Gasteiger partial charge in [-0.25, -0.2) is 0 Å². The predicted molar refractivity (Wildman–Crippen MR) is 144 cm³/mol. The Kier molecular flexibility index (Phi) is 6.77. The van der Waals surface area contributed by atoms with Gasteiger partial charge in [-0.05, 0) is 98.4 Å². The molecule has 188 valence electrons. The third-order valence-electron chi connectivity index (χ3n) is 9.80. The second-order valence-electron chi connectivity index (χ2n) is 11.6. The maximum absolute atomic E-state index is 11.7. The zero-order valence-corrected chi connectivity index (χ0v) is 22.1. The smallest absolute Gasteiger partial charge is 0.302 e. The van der Waals surface area contributed by atoms with Gasteiger partial charge in [0.25, 0.3) is 0 Å². The van der Waals surface area contributed by atoms with Crippen LogP contribution < -0.4 is 10.7 Å². The largest absolute Gasteiger partial charge is 0.462 e. The number of carbonyl (C=O) groups excluding carboxylic acids is 1. The molecule has 0 amide bonds. The molecular formula is C29H39N3O2S. The first kappa shape index (κ1) is 24.5. The average molecular weight is 494 g/mol. The molecule has 0 aromatic heterocycles. The topological polar surface area (TPSA) is 62.7 Å². The molecular weight excluding hydrogens is 454 g/mol. The van der Waals surface area contributed by atoms with Crippen LogP contribution in [0.1, 0.15) is 77.7 Å². The minimum absolute atomic E-state index is 0.103. The summed E-state index contributed by atoms with van der Waals surface area (Å²) in [5.74, 6) is 2.01. The molecule has 0 saturated heterocycles. The van der Waals surface area contributed by atoms with Gasteiger partial charge in [0.05, 0.1) is 5.71 Å². The van der Waals surface area contributed by atoms with Crippen molar-refractivity contribution in [3.63, 3.8) is 0 Å². The number of hydrogen-bond donors (Lipinski definition) is 2. The van der Waals surface area contributed by atoms with Crippen molar-refractivity contribution in [2.45, 2.75) is 84.8 Å². The third kappa shape index (κ3) is 4.66. The summed E-state index contributed by atoms with van der Waals surface area (Å²) in [5.41, 5.74) is 7.35. The van der Waals surface area contributed by atoms with E-state index in [1.54, 1.807) is 12.5 Å². The average Bonchev–Trinajstić information content (AvgIpc) is 3.17. The molecule has 3 fully saturated rings. The molecule has 0 bridgehead atoms. The lowest BCUT2D eigenvalue weighted by Crippen LogP contribution is -2.51. The Bertz CT molecular complexity index is 1040. The number of benzene rings is 1. The van der Waals surface area contributed by atoms with Crippen LogP contribution in [0.25, 0.3) is 0 Å². The van der Waals surface area contributed by atoms with Gasteiger partial charge in [0.15, 0.2) is 5.11 Å². The van der Waals surface area contributed by atoms with E-state index in [-0.39, 0.29) is 22.9 Å². The molecule has 1 aromatic rings. The molecule has 6 heteroatoms. The highest BCUT2D eigenvalue weighted by atomic mass is 32.1. The van der Waals surface area contributed by atoms with Crippen molar-refractivity contribution in [2.75, 3.05) is 0 Å². The molecule has 5 nitrogen and oxygen atoms in total. The van der Waals surface area contributed by atoms with Crippen molar-refractivity contribution in [1.82, 2.24) is 10.7 Å². The Hall–Kier alpha value is -2.21. The Balaban J connectivity index is 1.23. The highest BCUT2D eigenvalue weighted by molar-refractivity contribution is 7.80. The fourth-order valence-electron chi connectivity index (χ4n) is 7.95. The van der Waals surface area contributed by atoms with Crippen LogP contribution in [0.15, 0.2) is 47.1 Å². The number of nitrogens with one attached hydrogen (secondary N) is 2. The lowest BCUT2D eigenvalue weighted by atomic mass is 9.47. The molecule has 4 aliphatic rings. The van der Waals surface area contributed by atoms with Gasteiger partial charge in [-0.2, -0.15) is 5.10 Å². The zero-order chi connectivity index (χ0) is 24.6. The highest BCUT2D eigenvalue weighted by Crippen LogP contribution is 2.65. The Morgan fingerprint density at radius 3 is 2.66 bits per heavy atom. The molecule has 3 saturated carbocycles.